The second-order valence-corrected chi connectivity index (χ2v) is 8.39. The number of piperidine rings is 1. The van der Waals surface area contributed by atoms with Crippen LogP contribution in [0.4, 0.5) is 0 Å². The van der Waals surface area contributed by atoms with Crippen molar-refractivity contribution in [2.24, 2.45) is 5.41 Å². The maximum atomic E-state index is 11.7. The zero-order chi connectivity index (χ0) is 12.4. The van der Waals surface area contributed by atoms with E-state index in [1.165, 1.54) is 0 Å². The fraction of sp³-hybridized carbons (Fsp3) is 0.909. The Morgan fingerprint density at radius 2 is 1.81 bits per heavy atom. The van der Waals surface area contributed by atoms with E-state index in [1.807, 2.05) is 0 Å². The molecule has 94 valence electrons. The number of quaternary nitrogens is 1. The smallest absolute Gasteiger partial charge is 0.331 e. The molecule has 0 unspecified atom stereocenters. The van der Waals surface area contributed by atoms with Crippen molar-refractivity contribution < 1.29 is 14.8 Å². The Morgan fingerprint density at radius 3 is 2.19 bits per heavy atom. The molecule has 0 aromatic heterocycles. The number of carbonyl (C=O) groups excluding carboxylic acids is 1. The lowest BCUT2D eigenvalue weighted by molar-refractivity contribution is -0.669. The average Bonchev–Trinajstić information content (AvgIpc) is 2.17. The molecule has 0 aliphatic carbocycles. The molecule has 0 bridgehead atoms. The zero-order valence-corrected chi connectivity index (χ0v) is 13.2. The van der Waals surface area contributed by atoms with Crippen LogP contribution in [0.15, 0.2) is 0 Å². The fourth-order valence-electron chi connectivity index (χ4n) is 2.18. The standard InChI is InChI=1S/C11H19Br2NO2/c1-10(2,3)11(4-6-14-7-5-11)16-9(15)8(12)13/h8,14H,4-7H2,1-3H3/p+1. The molecule has 3 nitrogen and oxygen atoms in total. The predicted octanol–water partition coefficient (Wildman–Crippen LogP) is 1.79. The summed E-state index contributed by atoms with van der Waals surface area (Å²) in [5.74, 6) is -0.225. The molecule has 2 N–H and O–H groups in total. The first-order valence-corrected chi connectivity index (χ1v) is 7.44. The third-order valence-electron chi connectivity index (χ3n) is 3.35. The number of esters is 1. The molecule has 0 aromatic carbocycles. The van der Waals surface area contributed by atoms with Crippen LogP contribution in [0.2, 0.25) is 0 Å². The molecule has 1 rings (SSSR count). The summed E-state index contributed by atoms with van der Waals surface area (Å²) in [4.78, 5) is 11.7. The molecule has 1 heterocycles. The molecule has 16 heavy (non-hydrogen) atoms. The SMILES string of the molecule is CC(C)(C)C1(OC(=O)C(Br)Br)CC[NH2+]CC1. The van der Waals surface area contributed by atoms with E-state index in [9.17, 15) is 4.79 Å². The number of halogens is 2. The van der Waals surface area contributed by atoms with Gasteiger partial charge in [-0.05, 0) is 0 Å². The molecule has 1 aliphatic heterocycles. The molecule has 0 saturated carbocycles. The monoisotopic (exact) mass is 356 g/mol. The lowest BCUT2D eigenvalue weighted by Crippen LogP contribution is -2.88. The van der Waals surface area contributed by atoms with Crippen molar-refractivity contribution in [3.05, 3.63) is 0 Å². The number of ether oxygens (including phenoxy) is 1. The van der Waals surface area contributed by atoms with E-state index in [2.05, 4.69) is 57.9 Å². The van der Waals surface area contributed by atoms with Crippen LogP contribution in [0, 0.1) is 5.41 Å². The summed E-state index contributed by atoms with van der Waals surface area (Å²) in [5, 5.41) is 2.28. The van der Waals surface area contributed by atoms with Gasteiger partial charge in [-0.25, -0.2) is 4.79 Å². The highest BCUT2D eigenvalue weighted by molar-refractivity contribution is 9.25. The minimum absolute atomic E-state index is 0.0220. The summed E-state index contributed by atoms with van der Waals surface area (Å²) in [6.45, 7) is 8.48. The van der Waals surface area contributed by atoms with Gasteiger partial charge in [0.15, 0.2) is 3.74 Å². The average molecular weight is 358 g/mol. The molecule has 1 saturated heterocycles. The Morgan fingerprint density at radius 1 is 1.31 bits per heavy atom. The molecule has 0 amide bonds. The number of carbonyl (C=O) groups is 1. The van der Waals surface area contributed by atoms with Crippen LogP contribution >= 0.6 is 31.9 Å². The summed E-state index contributed by atoms with van der Waals surface area (Å²) in [6, 6.07) is 0. The molecule has 0 spiro atoms. The van der Waals surface area contributed by atoms with Crippen molar-refractivity contribution in [2.75, 3.05) is 13.1 Å². The topological polar surface area (TPSA) is 42.9 Å². The molecule has 0 atom stereocenters. The van der Waals surface area contributed by atoms with Crippen LogP contribution in [0.25, 0.3) is 0 Å². The van der Waals surface area contributed by atoms with Gasteiger partial charge in [0.25, 0.3) is 0 Å². The largest absolute Gasteiger partial charge is 0.457 e. The molecule has 5 heteroatoms. The molecule has 0 aromatic rings. The first kappa shape index (κ1) is 14.5. The van der Waals surface area contributed by atoms with E-state index in [0.29, 0.717) is 0 Å². The van der Waals surface area contributed by atoms with Gasteiger partial charge in [0.05, 0.1) is 13.1 Å². The van der Waals surface area contributed by atoms with Crippen LogP contribution in [-0.2, 0) is 9.53 Å². The van der Waals surface area contributed by atoms with Crippen molar-refractivity contribution in [3.8, 4) is 0 Å². The Kier molecular flexibility index (Phi) is 4.84. The normalized spacial score (nSPS) is 20.9. The molecule has 0 radical (unpaired) electrons. The number of rotatable bonds is 2. The van der Waals surface area contributed by atoms with E-state index in [-0.39, 0.29) is 17.0 Å². The Hall–Kier alpha value is 0.390. The summed E-state index contributed by atoms with van der Waals surface area (Å²) >= 11 is 6.38. The zero-order valence-electron chi connectivity index (χ0n) is 10.1. The first-order chi connectivity index (χ1) is 7.28. The third-order valence-corrected chi connectivity index (χ3v) is 4.09. The van der Waals surface area contributed by atoms with Gasteiger partial charge in [0.1, 0.15) is 5.60 Å². The second-order valence-electron chi connectivity index (χ2n) is 5.33. The Bertz CT molecular complexity index is 255. The third kappa shape index (κ3) is 3.20. The van der Waals surface area contributed by atoms with Crippen molar-refractivity contribution in [3.63, 3.8) is 0 Å². The number of hydrogen-bond donors (Lipinski definition) is 1. The van der Waals surface area contributed by atoms with Crippen LogP contribution < -0.4 is 5.32 Å². The van der Waals surface area contributed by atoms with Crippen molar-refractivity contribution in [1.82, 2.24) is 0 Å². The van der Waals surface area contributed by atoms with Crippen LogP contribution in [0.5, 0.6) is 0 Å². The Labute approximate surface area is 114 Å². The van der Waals surface area contributed by atoms with E-state index >= 15 is 0 Å². The van der Waals surface area contributed by atoms with Crippen molar-refractivity contribution in [2.45, 2.75) is 43.0 Å². The highest BCUT2D eigenvalue weighted by Crippen LogP contribution is 2.40. The summed E-state index contributed by atoms with van der Waals surface area (Å²) in [5.41, 5.74) is -0.343. The van der Waals surface area contributed by atoms with Gasteiger partial charge >= 0.3 is 5.97 Å². The van der Waals surface area contributed by atoms with Crippen LogP contribution in [0.3, 0.4) is 0 Å². The summed E-state index contributed by atoms with van der Waals surface area (Å²) < 4.78 is 5.34. The van der Waals surface area contributed by atoms with E-state index in [0.717, 1.165) is 25.9 Å². The quantitative estimate of drug-likeness (QED) is 0.604. The van der Waals surface area contributed by atoms with Gasteiger partial charge in [-0.15, -0.1) is 0 Å². The highest BCUT2D eigenvalue weighted by Gasteiger charge is 2.48. The molecular formula is C11H20Br2NO2+. The van der Waals surface area contributed by atoms with Gasteiger partial charge in [-0.1, -0.05) is 52.6 Å². The number of nitrogens with two attached hydrogens (primary N) is 1. The van der Waals surface area contributed by atoms with E-state index in [4.69, 9.17) is 4.74 Å². The second kappa shape index (κ2) is 5.36. The van der Waals surface area contributed by atoms with Gasteiger partial charge < -0.3 is 10.1 Å². The molecule has 1 fully saturated rings. The Balaban J connectivity index is 2.83. The summed E-state index contributed by atoms with van der Waals surface area (Å²) in [7, 11) is 0. The maximum Gasteiger partial charge on any atom is 0.331 e. The number of alkyl halides is 2. The van der Waals surface area contributed by atoms with Crippen molar-refractivity contribution >= 4 is 37.8 Å². The fourth-order valence-corrected chi connectivity index (χ4v) is 2.37. The van der Waals surface area contributed by atoms with Gasteiger partial charge in [0, 0.05) is 18.3 Å². The summed E-state index contributed by atoms with van der Waals surface area (Å²) in [6.07, 6.45) is 1.85. The minimum atomic E-state index is -0.412. The molecule has 1 aliphatic rings. The van der Waals surface area contributed by atoms with Crippen molar-refractivity contribution in [1.29, 1.82) is 0 Å². The number of hydrogen-bond acceptors (Lipinski definition) is 2. The predicted molar refractivity (Wildman–Crippen MR) is 70.8 cm³/mol. The highest BCUT2D eigenvalue weighted by atomic mass is 79.9. The van der Waals surface area contributed by atoms with Crippen LogP contribution in [-0.4, -0.2) is 28.4 Å². The maximum absolute atomic E-state index is 11.7. The minimum Gasteiger partial charge on any atom is -0.457 e. The van der Waals surface area contributed by atoms with E-state index in [1.54, 1.807) is 0 Å². The lowest BCUT2D eigenvalue weighted by atomic mass is 9.71. The van der Waals surface area contributed by atoms with Gasteiger partial charge in [-0.3, -0.25) is 0 Å². The molecular weight excluding hydrogens is 338 g/mol. The van der Waals surface area contributed by atoms with Crippen LogP contribution in [0.1, 0.15) is 33.6 Å². The lowest BCUT2D eigenvalue weighted by Gasteiger charge is -2.45. The van der Waals surface area contributed by atoms with E-state index < -0.39 is 3.74 Å². The van der Waals surface area contributed by atoms with Gasteiger partial charge in [-0.2, -0.15) is 0 Å². The van der Waals surface area contributed by atoms with Gasteiger partial charge in [0.2, 0.25) is 0 Å². The first-order valence-electron chi connectivity index (χ1n) is 5.61.